The van der Waals surface area contributed by atoms with Crippen LogP contribution in [0.5, 0.6) is 0 Å². The molecule has 0 radical (unpaired) electrons. The van der Waals surface area contributed by atoms with Crippen LogP contribution in [0.2, 0.25) is 0 Å². The van der Waals surface area contributed by atoms with Crippen LogP contribution >= 0.6 is 0 Å². The lowest BCUT2D eigenvalue weighted by Gasteiger charge is -2.56. The van der Waals surface area contributed by atoms with E-state index in [-0.39, 0.29) is 23.0 Å². The number of hydrogen-bond donors (Lipinski definition) is 3. The number of rotatable bonds is 1. The molecule has 0 heterocycles. The number of aliphatic hydroxyl groups is 3. The smallest absolute Gasteiger partial charge is 0.156 e. The number of ketones is 1. The Morgan fingerprint density at radius 1 is 1.16 bits per heavy atom. The van der Waals surface area contributed by atoms with Crippen molar-refractivity contribution < 1.29 is 20.1 Å². The highest BCUT2D eigenvalue weighted by Crippen LogP contribution is 2.63. The zero-order valence-electron chi connectivity index (χ0n) is 15.2. The highest BCUT2D eigenvalue weighted by atomic mass is 16.3. The third-order valence-corrected chi connectivity index (χ3v) is 7.66. The van der Waals surface area contributed by atoms with Crippen molar-refractivity contribution in [1.82, 2.24) is 0 Å². The molecule has 4 rings (SSSR count). The first-order valence-electron chi connectivity index (χ1n) is 9.36. The van der Waals surface area contributed by atoms with Gasteiger partial charge in [0, 0.05) is 5.41 Å². The van der Waals surface area contributed by atoms with Gasteiger partial charge in [-0.2, -0.15) is 0 Å². The van der Waals surface area contributed by atoms with Gasteiger partial charge >= 0.3 is 0 Å². The molecule has 0 bridgehead atoms. The van der Waals surface area contributed by atoms with E-state index in [2.05, 4.69) is 13.0 Å². The van der Waals surface area contributed by atoms with E-state index >= 15 is 0 Å². The van der Waals surface area contributed by atoms with Gasteiger partial charge < -0.3 is 15.3 Å². The molecular formula is C21H28O4. The summed E-state index contributed by atoms with van der Waals surface area (Å²) in [5.74, 6) is 0.367. The summed E-state index contributed by atoms with van der Waals surface area (Å²) in [4.78, 5) is 12.1. The normalized spacial score (nSPS) is 48.6. The Labute approximate surface area is 148 Å². The molecule has 1 fully saturated rings. The van der Waals surface area contributed by atoms with Crippen LogP contribution < -0.4 is 0 Å². The number of carbonyl (C=O) groups is 1. The highest BCUT2D eigenvalue weighted by molar-refractivity contribution is 5.95. The Balaban J connectivity index is 1.77. The summed E-state index contributed by atoms with van der Waals surface area (Å²) in [7, 11) is 0. The first-order valence-corrected chi connectivity index (χ1v) is 9.36. The maximum absolute atomic E-state index is 12.1. The van der Waals surface area contributed by atoms with Gasteiger partial charge in [-0.1, -0.05) is 43.2 Å². The van der Waals surface area contributed by atoms with Crippen LogP contribution in [0.1, 0.15) is 46.5 Å². The molecule has 0 amide bonds. The van der Waals surface area contributed by atoms with Crippen molar-refractivity contribution in [3.8, 4) is 0 Å². The predicted molar refractivity (Wildman–Crippen MR) is 94.6 cm³/mol. The second-order valence-electron chi connectivity index (χ2n) is 8.83. The second kappa shape index (κ2) is 5.38. The van der Waals surface area contributed by atoms with E-state index in [1.165, 1.54) is 11.1 Å². The summed E-state index contributed by atoms with van der Waals surface area (Å²) in [5, 5.41) is 31.4. The molecule has 4 aliphatic rings. The van der Waals surface area contributed by atoms with Gasteiger partial charge in [0.1, 0.15) is 0 Å². The highest BCUT2D eigenvalue weighted by Gasteiger charge is 2.59. The third-order valence-electron chi connectivity index (χ3n) is 7.66. The molecule has 0 unspecified atom stereocenters. The van der Waals surface area contributed by atoms with E-state index < -0.39 is 23.7 Å². The Kier molecular flexibility index (Phi) is 3.70. The topological polar surface area (TPSA) is 77.8 Å². The van der Waals surface area contributed by atoms with Gasteiger partial charge in [0.25, 0.3) is 0 Å². The SMILES string of the molecule is CC(=O)C1=CC[C@H]2C3=CCC4=C[C@@H](O)[C@H](O)C[C@]4(C)[C@H]3C[C@@H](O)[C@]12C. The molecule has 4 nitrogen and oxygen atoms in total. The standard InChI is InChI=1S/C21H28O4/c1-11(22)14-6-7-15-13-5-4-12-8-17(23)18(24)10-20(12,2)16(13)9-19(25)21(14,15)3/h5-6,8,15-19,23-25H,4,7,9-10H2,1-3H3/t15-,16-,17+,18+,19+,20-,21+/m0/s1. The molecule has 1 saturated carbocycles. The largest absolute Gasteiger partial charge is 0.392 e. The Morgan fingerprint density at radius 3 is 2.56 bits per heavy atom. The van der Waals surface area contributed by atoms with E-state index in [9.17, 15) is 20.1 Å². The lowest BCUT2D eigenvalue weighted by atomic mass is 9.49. The van der Waals surface area contributed by atoms with Gasteiger partial charge in [0.2, 0.25) is 0 Å². The van der Waals surface area contributed by atoms with Gasteiger partial charge in [-0.3, -0.25) is 4.79 Å². The maximum Gasteiger partial charge on any atom is 0.156 e. The summed E-state index contributed by atoms with van der Waals surface area (Å²) in [5.41, 5.74) is 2.55. The maximum atomic E-state index is 12.1. The van der Waals surface area contributed by atoms with Crippen molar-refractivity contribution >= 4 is 5.78 Å². The predicted octanol–water partition coefficient (Wildman–Crippen LogP) is 2.30. The third kappa shape index (κ3) is 2.14. The van der Waals surface area contributed by atoms with Gasteiger partial charge in [-0.25, -0.2) is 0 Å². The molecule has 0 saturated heterocycles. The lowest BCUT2D eigenvalue weighted by molar-refractivity contribution is -0.116. The molecule has 136 valence electrons. The van der Waals surface area contributed by atoms with Gasteiger partial charge in [-0.15, -0.1) is 0 Å². The summed E-state index contributed by atoms with van der Waals surface area (Å²) in [6.45, 7) is 5.79. The van der Waals surface area contributed by atoms with Crippen molar-refractivity contribution in [3.63, 3.8) is 0 Å². The minimum absolute atomic E-state index is 0.0573. The number of hydrogen-bond acceptors (Lipinski definition) is 4. The minimum Gasteiger partial charge on any atom is -0.392 e. The first-order chi connectivity index (χ1) is 11.7. The summed E-state index contributed by atoms with van der Waals surface area (Å²) < 4.78 is 0. The molecule has 4 heteroatoms. The average Bonchev–Trinajstić information content (AvgIpc) is 2.89. The van der Waals surface area contributed by atoms with E-state index in [4.69, 9.17) is 0 Å². The molecule has 3 N–H and O–H groups in total. The molecule has 0 aliphatic heterocycles. The lowest BCUT2D eigenvalue weighted by Crippen LogP contribution is -2.53. The van der Waals surface area contributed by atoms with Crippen molar-refractivity contribution in [2.45, 2.75) is 64.8 Å². The number of fused-ring (bicyclic) bond motifs is 5. The Bertz CT molecular complexity index is 717. The number of aliphatic hydroxyl groups excluding tert-OH is 3. The quantitative estimate of drug-likeness (QED) is 0.638. The van der Waals surface area contributed by atoms with E-state index in [1.807, 2.05) is 19.1 Å². The molecule has 0 aromatic heterocycles. The first kappa shape index (κ1) is 17.2. The molecular weight excluding hydrogens is 316 g/mol. The molecule has 25 heavy (non-hydrogen) atoms. The zero-order valence-corrected chi connectivity index (χ0v) is 15.2. The summed E-state index contributed by atoms with van der Waals surface area (Å²) >= 11 is 0. The number of carbonyl (C=O) groups excluding carboxylic acids is 1. The van der Waals surface area contributed by atoms with Crippen LogP contribution in [0.4, 0.5) is 0 Å². The summed E-state index contributed by atoms with van der Waals surface area (Å²) in [6, 6.07) is 0. The van der Waals surface area contributed by atoms with Crippen molar-refractivity contribution in [1.29, 1.82) is 0 Å². The Morgan fingerprint density at radius 2 is 1.88 bits per heavy atom. The van der Waals surface area contributed by atoms with Gasteiger partial charge in [0.05, 0.1) is 18.3 Å². The van der Waals surface area contributed by atoms with Crippen molar-refractivity contribution in [3.05, 3.63) is 34.9 Å². The summed E-state index contributed by atoms with van der Waals surface area (Å²) in [6.07, 6.45) is 6.66. The average molecular weight is 344 g/mol. The second-order valence-corrected chi connectivity index (χ2v) is 8.83. The Hall–Kier alpha value is -1.23. The van der Waals surface area contributed by atoms with E-state index in [0.29, 0.717) is 12.8 Å². The van der Waals surface area contributed by atoms with E-state index in [1.54, 1.807) is 6.92 Å². The zero-order chi connectivity index (χ0) is 18.1. The molecule has 0 aromatic rings. The van der Waals surface area contributed by atoms with Crippen molar-refractivity contribution in [2.75, 3.05) is 0 Å². The van der Waals surface area contributed by atoms with Crippen LogP contribution in [0, 0.1) is 22.7 Å². The minimum atomic E-state index is -0.797. The van der Waals surface area contributed by atoms with Crippen molar-refractivity contribution in [2.24, 2.45) is 22.7 Å². The molecule has 4 aliphatic carbocycles. The monoisotopic (exact) mass is 344 g/mol. The number of allylic oxidation sites excluding steroid dienone is 4. The van der Waals surface area contributed by atoms with Gasteiger partial charge in [-0.05, 0) is 55.4 Å². The fraction of sp³-hybridized carbons (Fsp3) is 0.667. The number of Topliss-reactive ketones (excluding diaryl/α,β-unsaturated/α-hetero) is 1. The van der Waals surface area contributed by atoms with E-state index in [0.717, 1.165) is 18.4 Å². The van der Waals surface area contributed by atoms with Crippen LogP contribution in [-0.2, 0) is 4.79 Å². The molecule has 7 atom stereocenters. The molecule has 0 aromatic carbocycles. The van der Waals surface area contributed by atoms with Gasteiger partial charge in [0.15, 0.2) is 5.78 Å². The van der Waals surface area contributed by atoms with Crippen LogP contribution in [-0.4, -0.2) is 39.4 Å². The van der Waals surface area contributed by atoms with Crippen LogP contribution in [0.25, 0.3) is 0 Å². The fourth-order valence-electron chi connectivity index (χ4n) is 6.15. The molecule has 0 spiro atoms. The van der Waals surface area contributed by atoms with Crippen LogP contribution in [0.15, 0.2) is 34.9 Å². The van der Waals surface area contributed by atoms with Crippen LogP contribution in [0.3, 0.4) is 0 Å². The fourth-order valence-corrected chi connectivity index (χ4v) is 6.15.